The Labute approximate surface area is 80.7 Å². The van der Waals surface area contributed by atoms with Gasteiger partial charge in [0, 0.05) is 6.42 Å². The van der Waals surface area contributed by atoms with Crippen LogP contribution in [0, 0.1) is 0 Å². The van der Waals surface area contributed by atoms with Gasteiger partial charge in [0.15, 0.2) is 0 Å². The van der Waals surface area contributed by atoms with Crippen LogP contribution in [-0.4, -0.2) is 36.9 Å². The molecule has 0 aliphatic rings. The van der Waals surface area contributed by atoms with Crippen molar-refractivity contribution < 1.29 is 4.79 Å². The molecule has 0 heterocycles. The van der Waals surface area contributed by atoms with Gasteiger partial charge in [-0.25, -0.2) is 0 Å². The highest BCUT2D eigenvalue weighted by Crippen LogP contribution is 1.89. The molecule has 0 aliphatic carbocycles. The second kappa shape index (κ2) is 8.97. The van der Waals surface area contributed by atoms with Crippen LogP contribution in [0.2, 0.25) is 0 Å². The van der Waals surface area contributed by atoms with Gasteiger partial charge in [0.25, 0.3) is 0 Å². The van der Waals surface area contributed by atoms with Crippen molar-refractivity contribution in [2.24, 2.45) is 5.73 Å². The second-order valence-corrected chi connectivity index (χ2v) is 2.54. The third kappa shape index (κ3) is 6.58. The summed E-state index contributed by atoms with van der Waals surface area (Å²) in [5.74, 6) is 0.246. The Kier molecular flexibility index (Phi) is 10.8. The summed E-state index contributed by atoms with van der Waals surface area (Å²) in [6.07, 6.45) is 0.510. The molecule has 0 aromatic rings. The lowest BCUT2D eigenvalue weighted by Gasteiger charge is -2.16. The van der Waals surface area contributed by atoms with Crippen molar-refractivity contribution in [2.45, 2.75) is 20.3 Å². The molecule has 0 saturated carbocycles. The lowest BCUT2D eigenvalue weighted by molar-refractivity contribution is -0.119. The Morgan fingerprint density at radius 1 is 1.33 bits per heavy atom. The summed E-state index contributed by atoms with van der Waals surface area (Å²) in [6, 6.07) is 0. The van der Waals surface area contributed by atoms with Crippen molar-refractivity contribution in [1.29, 1.82) is 0 Å². The molecule has 0 bridgehead atoms. The van der Waals surface area contributed by atoms with Crippen molar-refractivity contribution in [3.63, 3.8) is 0 Å². The van der Waals surface area contributed by atoms with Gasteiger partial charge < -0.3 is 5.73 Å². The number of nitrogens with two attached hydrogens (primary N) is 1. The van der Waals surface area contributed by atoms with Gasteiger partial charge in [0.1, 0.15) is 5.78 Å². The third-order valence-electron chi connectivity index (χ3n) is 1.72. The first-order chi connectivity index (χ1) is 5.24. The summed E-state index contributed by atoms with van der Waals surface area (Å²) in [4.78, 5) is 13.1. The van der Waals surface area contributed by atoms with Crippen LogP contribution in [0.25, 0.3) is 0 Å². The minimum absolute atomic E-state index is 0. The Hall–Kier alpha value is -0.120. The molecule has 3 nitrogen and oxygen atoms in total. The van der Waals surface area contributed by atoms with E-state index >= 15 is 0 Å². The molecule has 0 aromatic heterocycles. The van der Waals surface area contributed by atoms with Crippen LogP contribution in [0.4, 0.5) is 0 Å². The summed E-state index contributed by atoms with van der Waals surface area (Å²) in [5, 5.41) is 0. The molecule has 0 amide bonds. The van der Waals surface area contributed by atoms with Gasteiger partial charge >= 0.3 is 0 Å². The van der Waals surface area contributed by atoms with Crippen LogP contribution in [0.1, 0.15) is 20.3 Å². The lowest BCUT2D eigenvalue weighted by atomic mass is 10.2. The van der Waals surface area contributed by atoms with E-state index in [1.54, 1.807) is 0 Å². The average Bonchev–Trinajstić information content (AvgIpc) is 2.01. The number of carbonyl (C=O) groups is 1. The van der Waals surface area contributed by atoms with E-state index < -0.39 is 0 Å². The molecule has 0 atom stereocenters. The van der Waals surface area contributed by atoms with E-state index in [4.69, 9.17) is 5.73 Å². The fourth-order valence-electron chi connectivity index (χ4n) is 0.937. The molecule has 0 saturated heterocycles. The first-order valence-corrected chi connectivity index (χ1v) is 4.18. The average molecular weight is 195 g/mol. The minimum atomic E-state index is 0. The van der Waals surface area contributed by atoms with E-state index in [-0.39, 0.29) is 18.2 Å². The standard InChI is InChI=1S/C8H18N2O.ClH/c1-3-10(4-2)7-8(11)5-6-9;/h3-7,9H2,1-2H3;1H. The molecule has 0 unspecified atom stereocenters. The number of Topliss-reactive ketones (excluding diaryl/α,β-unsaturated/α-hetero) is 1. The molecule has 0 radical (unpaired) electrons. The van der Waals surface area contributed by atoms with Gasteiger partial charge in [0.05, 0.1) is 6.54 Å². The van der Waals surface area contributed by atoms with E-state index in [2.05, 4.69) is 18.7 Å². The lowest BCUT2D eigenvalue weighted by Crippen LogP contribution is -2.30. The third-order valence-corrected chi connectivity index (χ3v) is 1.72. The van der Waals surface area contributed by atoms with Crippen LogP contribution in [-0.2, 0) is 4.79 Å². The van der Waals surface area contributed by atoms with Crippen molar-refractivity contribution in [2.75, 3.05) is 26.2 Å². The SMILES string of the molecule is CCN(CC)CC(=O)CCN.Cl. The van der Waals surface area contributed by atoms with Crippen LogP contribution in [0.15, 0.2) is 0 Å². The molecular weight excluding hydrogens is 176 g/mol. The quantitative estimate of drug-likeness (QED) is 0.676. The maximum atomic E-state index is 11.0. The number of ketones is 1. The van der Waals surface area contributed by atoms with E-state index in [9.17, 15) is 4.79 Å². The number of rotatable bonds is 6. The summed E-state index contributed by atoms with van der Waals surface area (Å²) in [7, 11) is 0. The van der Waals surface area contributed by atoms with Gasteiger partial charge in [-0.3, -0.25) is 9.69 Å². The van der Waals surface area contributed by atoms with Gasteiger partial charge in [-0.2, -0.15) is 0 Å². The largest absolute Gasteiger partial charge is 0.330 e. The second-order valence-electron chi connectivity index (χ2n) is 2.54. The van der Waals surface area contributed by atoms with E-state index in [0.717, 1.165) is 13.1 Å². The molecule has 0 aromatic carbocycles. The van der Waals surface area contributed by atoms with Crippen molar-refractivity contribution in [3.8, 4) is 0 Å². The first-order valence-electron chi connectivity index (χ1n) is 4.18. The maximum absolute atomic E-state index is 11.0. The smallest absolute Gasteiger partial charge is 0.148 e. The Bertz CT molecular complexity index is 116. The van der Waals surface area contributed by atoms with E-state index in [1.165, 1.54) is 0 Å². The number of halogens is 1. The molecule has 0 spiro atoms. The van der Waals surface area contributed by atoms with Gasteiger partial charge in [-0.05, 0) is 19.6 Å². The predicted molar refractivity (Wildman–Crippen MR) is 53.7 cm³/mol. The first kappa shape index (κ1) is 14.4. The molecular formula is C8H19ClN2O. The predicted octanol–water partition coefficient (Wildman–Crippen LogP) is 0.668. The van der Waals surface area contributed by atoms with E-state index in [1.807, 2.05) is 0 Å². The van der Waals surface area contributed by atoms with Crippen LogP contribution >= 0.6 is 12.4 Å². The molecule has 0 aliphatic heterocycles. The molecule has 0 rings (SSSR count). The highest BCUT2D eigenvalue weighted by atomic mass is 35.5. The normalized spacial score (nSPS) is 9.67. The topological polar surface area (TPSA) is 46.3 Å². The molecule has 2 N–H and O–H groups in total. The maximum Gasteiger partial charge on any atom is 0.148 e. The summed E-state index contributed by atoms with van der Waals surface area (Å²) in [6.45, 7) is 7.02. The molecule has 0 fully saturated rings. The Balaban J connectivity index is 0. The number of carbonyl (C=O) groups excluding carboxylic acids is 1. The number of nitrogens with zero attached hydrogens (tertiary/aromatic N) is 1. The molecule has 74 valence electrons. The van der Waals surface area contributed by atoms with Crippen molar-refractivity contribution in [3.05, 3.63) is 0 Å². The van der Waals surface area contributed by atoms with E-state index in [0.29, 0.717) is 19.5 Å². The number of hydrogen-bond donors (Lipinski definition) is 1. The monoisotopic (exact) mass is 194 g/mol. The number of hydrogen-bond acceptors (Lipinski definition) is 3. The molecule has 4 heteroatoms. The van der Waals surface area contributed by atoms with Gasteiger partial charge in [0.2, 0.25) is 0 Å². The van der Waals surface area contributed by atoms with Gasteiger partial charge in [-0.1, -0.05) is 13.8 Å². The van der Waals surface area contributed by atoms with Crippen molar-refractivity contribution in [1.82, 2.24) is 4.90 Å². The summed E-state index contributed by atoms with van der Waals surface area (Å²) >= 11 is 0. The highest BCUT2D eigenvalue weighted by molar-refractivity contribution is 5.85. The Morgan fingerprint density at radius 2 is 1.83 bits per heavy atom. The fourth-order valence-corrected chi connectivity index (χ4v) is 0.937. The van der Waals surface area contributed by atoms with Crippen LogP contribution in [0.5, 0.6) is 0 Å². The number of likely N-dealkylation sites (N-methyl/N-ethyl adjacent to an activating group) is 1. The van der Waals surface area contributed by atoms with Crippen LogP contribution < -0.4 is 5.73 Å². The zero-order valence-corrected chi connectivity index (χ0v) is 8.69. The fraction of sp³-hybridized carbons (Fsp3) is 0.875. The summed E-state index contributed by atoms with van der Waals surface area (Å²) < 4.78 is 0. The van der Waals surface area contributed by atoms with Crippen molar-refractivity contribution >= 4 is 18.2 Å². The zero-order chi connectivity index (χ0) is 8.69. The minimum Gasteiger partial charge on any atom is -0.330 e. The van der Waals surface area contributed by atoms with Crippen LogP contribution in [0.3, 0.4) is 0 Å². The molecule has 12 heavy (non-hydrogen) atoms. The van der Waals surface area contributed by atoms with Gasteiger partial charge in [-0.15, -0.1) is 12.4 Å². The highest BCUT2D eigenvalue weighted by Gasteiger charge is 2.04. The zero-order valence-electron chi connectivity index (χ0n) is 7.88. The Morgan fingerprint density at radius 3 is 2.17 bits per heavy atom. The summed E-state index contributed by atoms with van der Waals surface area (Å²) in [5.41, 5.74) is 5.25.